The van der Waals surface area contributed by atoms with Gasteiger partial charge in [-0.2, -0.15) is 0 Å². The van der Waals surface area contributed by atoms with Gasteiger partial charge in [-0.1, -0.05) is 50.2 Å². The second-order valence-electron chi connectivity index (χ2n) is 6.65. The summed E-state index contributed by atoms with van der Waals surface area (Å²) in [4.78, 5) is 19.3. The summed E-state index contributed by atoms with van der Waals surface area (Å²) in [5, 5.41) is 5.05. The lowest BCUT2D eigenvalue weighted by molar-refractivity contribution is 0.0934. The molecule has 1 amide bonds. The molecule has 2 aromatic carbocycles. The van der Waals surface area contributed by atoms with Crippen molar-refractivity contribution in [2.75, 3.05) is 19.6 Å². The second kappa shape index (κ2) is 10.7. The number of rotatable bonds is 10. The number of hydrogen-bond acceptors (Lipinski definition) is 5. The van der Waals surface area contributed by atoms with Crippen LogP contribution in [0.3, 0.4) is 0 Å². The molecule has 1 aromatic heterocycles. The number of nitrogens with zero attached hydrogens (tertiary/aromatic N) is 2. The van der Waals surface area contributed by atoms with Gasteiger partial charge < -0.3 is 10.1 Å². The molecule has 152 valence electrons. The molecule has 6 heteroatoms. The SMILES string of the molecule is CCN(CC)C(CNC(=O)c1cccc(OCc2cscn2)c1)c1ccccc1. The van der Waals surface area contributed by atoms with Gasteiger partial charge in [-0.15, -0.1) is 11.3 Å². The number of amides is 1. The maximum absolute atomic E-state index is 12.8. The van der Waals surface area contributed by atoms with Gasteiger partial charge in [0.05, 0.1) is 17.2 Å². The van der Waals surface area contributed by atoms with E-state index in [2.05, 4.69) is 41.2 Å². The molecule has 3 aromatic rings. The predicted molar refractivity (Wildman–Crippen MR) is 117 cm³/mol. The Labute approximate surface area is 176 Å². The average Bonchev–Trinajstić information content (AvgIpc) is 3.29. The predicted octanol–water partition coefficient (Wildman–Crippen LogP) is 4.54. The van der Waals surface area contributed by atoms with Crippen molar-refractivity contribution in [2.45, 2.75) is 26.5 Å². The number of benzene rings is 2. The molecular weight excluding hydrogens is 382 g/mol. The van der Waals surface area contributed by atoms with Gasteiger partial charge in [-0.3, -0.25) is 9.69 Å². The van der Waals surface area contributed by atoms with E-state index in [1.165, 1.54) is 16.9 Å². The van der Waals surface area contributed by atoms with Crippen molar-refractivity contribution in [3.8, 4) is 5.75 Å². The molecule has 0 radical (unpaired) electrons. The maximum Gasteiger partial charge on any atom is 0.251 e. The van der Waals surface area contributed by atoms with Crippen LogP contribution in [0.5, 0.6) is 5.75 Å². The zero-order chi connectivity index (χ0) is 20.5. The van der Waals surface area contributed by atoms with Crippen LogP contribution in [0.4, 0.5) is 0 Å². The first-order valence-electron chi connectivity index (χ1n) is 9.88. The van der Waals surface area contributed by atoms with E-state index in [1.54, 1.807) is 17.6 Å². The molecule has 1 unspecified atom stereocenters. The summed E-state index contributed by atoms with van der Waals surface area (Å²) in [7, 11) is 0. The molecule has 1 N–H and O–H groups in total. The number of thiazole rings is 1. The molecule has 29 heavy (non-hydrogen) atoms. The fraction of sp³-hybridized carbons (Fsp3) is 0.304. The van der Waals surface area contributed by atoms with E-state index in [1.807, 2.05) is 35.7 Å². The number of ether oxygens (including phenoxy) is 1. The Morgan fingerprint density at radius 1 is 1.14 bits per heavy atom. The summed E-state index contributed by atoms with van der Waals surface area (Å²) in [6, 6.07) is 17.7. The van der Waals surface area contributed by atoms with Crippen LogP contribution >= 0.6 is 11.3 Å². The minimum absolute atomic E-state index is 0.0998. The van der Waals surface area contributed by atoms with Crippen molar-refractivity contribution in [2.24, 2.45) is 0 Å². The highest BCUT2D eigenvalue weighted by molar-refractivity contribution is 7.07. The molecule has 5 nitrogen and oxygen atoms in total. The van der Waals surface area contributed by atoms with E-state index in [9.17, 15) is 4.79 Å². The van der Waals surface area contributed by atoms with E-state index in [0.29, 0.717) is 24.5 Å². The van der Waals surface area contributed by atoms with Crippen LogP contribution in [-0.2, 0) is 6.61 Å². The number of likely N-dealkylation sites (N-methyl/N-ethyl adjacent to an activating group) is 1. The van der Waals surface area contributed by atoms with Gasteiger partial charge in [0.25, 0.3) is 5.91 Å². The largest absolute Gasteiger partial charge is 0.487 e. The normalized spacial score (nSPS) is 12.0. The standard InChI is InChI=1S/C23H27N3O2S/c1-3-26(4-2)22(18-9-6-5-7-10-18)14-24-23(27)19-11-8-12-21(13-19)28-15-20-16-29-17-25-20/h5-13,16-17,22H,3-4,14-15H2,1-2H3,(H,24,27). The van der Waals surface area contributed by atoms with Crippen molar-refractivity contribution in [1.29, 1.82) is 0 Å². The number of nitrogens with one attached hydrogen (secondary N) is 1. The highest BCUT2D eigenvalue weighted by atomic mass is 32.1. The third-order valence-electron chi connectivity index (χ3n) is 4.86. The van der Waals surface area contributed by atoms with Crippen molar-refractivity contribution in [1.82, 2.24) is 15.2 Å². The molecule has 0 spiro atoms. The van der Waals surface area contributed by atoms with Crippen LogP contribution in [0.1, 0.15) is 41.5 Å². The minimum Gasteiger partial charge on any atom is -0.487 e. The number of hydrogen-bond donors (Lipinski definition) is 1. The molecule has 0 aliphatic carbocycles. The summed E-state index contributed by atoms with van der Waals surface area (Å²) in [6.45, 7) is 7.08. The lowest BCUT2D eigenvalue weighted by Crippen LogP contribution is -2.38. The van der Waals surface area contributed by atoms with Crippen molar-refractivity contribution < 1.29 is 9.53 Å². The Morgan fingerprint density at radius 2 is 1.93 bits per heavy atom. The fourth-order valence-corrected chi connectivity index (χ4v) is 3.83. The third kappa shape index (κ3) is 5.89. The Bertz CT molecular complexity index is 880. The first kappa shape index (κ1) is 21.0. The highest BCUT2D eigenvalue weighted by Crippen LogP contribution is 2.20. The van der Waals surface area contributed by atoms with Crippen LogP contribution < -0.4 is 10.1 Å². The molecule has 1 atom stereocenters. The maximum atomic E-state index is 12.8. The first-order valence-corrected chi connectivity index (χ1v) is 10.8. The molecule has 0 fully saturated rings. The smallest absolute Gasteiger partial charge is 0.251 e. The monoisotopic (exact) mass is 409 g/mol. The highest BCUT2D eigenvalue weighted by Gasteiger charge is 2.19. The number of carbonyl (C=O) groups excluding carboxylic acids is 1. The molecule has 0 saturated carbocycles. The van der Waals surface area contributed by atoms with Crippen LogP contribution in [0.15, 0.2) is 65.5 Å². The molecule has 0 aliphatic rings. The molecule has 3 rings (SSSR count). The average molecular weight is 410 g/mol. The minimum atomic E-state index is -0.0998. The van der Waals surface area contributed by atoms with Gasteiger partial charge in [-0.25, -0.2) is 4.98 Å². The topological polar surface area (TPSA) is 54.5 Å². The van der Waals surface area contributed by atoms with Gasteiger partial charge in [0.2, 0.25) is 0 Å². The quantitative estimate of drug-likeness (QED) is 0.534. The zero-order valence-corrected chi connectivity index (χ0v) is 17.7. The lowest BCUT2D eigenvalue weighted by Gasteiger charge is -2.30. The molecular formula is C23H27N3O2S. The summed E-state index contributed by atoms with van der Waals surface area (Å²) in [6.07, 6.45) is 0. The fourth-order valence-electron chi connectivity index (χ4n) is 3.28. The van der Waals surface area contributed by atoms with Crippen molar-refractivity contribution in [3.63, 3.8) is 0 Å². The Hall–Kier alpha value is -2.70. The molecule has 1 heterocycles. The first-order chi connectivity index (χ1) is 14.2. The summed E-state index contributed by atoms with van der Waals surface area (Å²) < 4.78 is 5.77. The van der Waals surface area contributed by atoms with Gasteiger partial charge in [0.1, 0.15) is 12.4 Å². The van der Waals surface area contributed by atoms with Gasteiger partial charge in [0, 0.05) is 17.5 Å². The second-order valence-corrected chi connectivity index (χ2v) is 7.37. The van der Waals surface area contributed by atoms with E-state index < -0.39 is 0 Å². The summed E-state index contributed by atoms with van der Waals surface area (Å²) in [5.41, 5.74) is 4.46. The molecule has 0 aliphatic heterocycles. The third-order valence-corrected chi connectivity index (χ3v) is 5.50. The summed E-state index contributed by atoms with van der Waals surface area (Å²) >= 11 is 1.54. The van der Waals surface area contributed by atoms with Crippen molar-refractivity contribution in [3.05, 3.63) is 82.3 Å². The van der Waals surface area contributed by atoms with E-state index >= 15 is 0 Å². The van der Waals surface area contributed by atoms with Gasteiger partial charge in [0.15, 0.2) is 0 Å². The lowest BCUT2D eigenvalue weighted by atomic mass is 10.0. The Morgan fingerprint density at radius 3 is 2.62 bits per heavy atom. The van der Waals surface area contributed by atoms with E-state index in [0.717, 1.165) is 18.8 Å². The summed E-state index contributed by atoms with van der Waals surface area (Å²) in [5.74, 6) is 0.561. The Kier molecular flexibility index (Phi) is 7.78. The van der Waals surface area contributed by atoms with Crippen molar-refractivity contribution >= 4 is 17.2 Å². The van der Waals surface area contributed by atoms with Crippen LogP contribution in [-0.4, -0.2) is 35.4 Å². The molecule has 0 bridgehead atoms. The number of aromatic nitrogens is 1. The molecule has 0 saturated heterocycles. The number of carbonyl (C=O) groups is 1. The Balaban J connectivity index is 1.64. The van der Waals surface area contributed by atoms with Crippen LogP contribution in [0.25, 0.3) is 0 Å². The van der Waals surface area contributed by atoms with Gasteiger partial charge >= 0.3 is 0 Å². The van der Waals surface area contributed by atoms with Gasteiger partial charge in [-0.05, 0) is 36.9 Å². The van der Waals surface area contributed by atoms with Crippen LogP contribution in [0.2, 0.25) is 0 Å². The van der Waals surface area contributed by atoms with E-state index in [4.69, 9.17) is 4.74 Å². The van der Waals surface area contributed by atoms with E-state index in [-0.39, 0.29) is 11.9 Å². The van der Waals surface area contributed by atoms with Crippen LogP contribution in [0, 0.1) is 0 Å². The zero-order valence-electron chi connectivity index (χ0n) is 16.9.